The summed E-state index contributed by atoms with van der Waals surface area (Å²) in [6.07, 6.45) is -0.848. The number of fused-ring (bicyclic) bond motifs is 1. The molecule has 212 valence electrons. The number of hydrogen-bond donors (Lipinski definition) is 5. The lowest BCUT2D eigenvalue weighted by Crippen LogP contribution is -2.56. The van der Waals surface area contributed by atoms with Crippen molar-refractivity contribution >= 4 is 34.9 Å². The number of likely N-dealkylation sites (N-methyl/N-ethyl adjacent to an activating group) is 1. The van der Waals surface area contributed by atoms with Crippen molar-refractivity contribution in [3.8, 4) is 0 Å². The third kappa shape index (κ3) is 5.46. The number of β-lactam (4-membered cyclic amide) rings is 1. The van der Waals surface area contributed by atoms with Gasteiger partial charge in [-0.25, -0.2) is 19.7 Å². The fraction of sp³-hybridized carbons (Fsp3) is 0.667. The van der Waals surface area contributed by atoms with Crippen molar-refractivity contribution < 1.29 is 34.1 Å². The molecule has 3 amide bonds. The van der Waals surface area contributed by atoms with E-state index in [0.717, 1.165) is 25.7 Å². The zero-order chi connectivity index (χ0) is 27.7. The first-order valence-electron chi connectivity index (χ1n) is 13.3. The Balaban J connectivity index is 1.17. The number of likely N-dealkylation sites (tertiary alicyclic amines) is 1. The second-order valence-corrected chi connectivity index (χ2v) is 10.1. The number of nitrogens with one attached hydrogen (secondary N) is 2. The van der Waals surface area contributed by atoms with Gasteiger partial charge in [0.05, 0.1) is 12.9 Å². The van der Waals surface area contributed by atoms with E-state index < -0.39 is 42.6 Å². The molecule has 0 saturated carbocycles. The van der Waals surface area contributed by atoms with Crippen molar-refractivity contribution in [3.05, 3.63) is 12.2 Å². The van der Waals surface area contributed by atoms with Gasteiger partial charge in [0.15, 0.2) is 29.9 Å². The highest BCUT2D eigenvalue weighted by atomic mass is 16.6. The van der Waals surface area contributed by atoms with Gasteiger partial charge < -0.3 is 41.0 Å². The number of carbonyl (C=O) groups is 3. The molecule has 6 N–H and O–H groups in total. The standard InChI is InChI=1S/C24H34N8O7/c1-2-26-22(36)18-16(33)17(34)23(39-18)32-11-28-15-19(25)29-14(30-20(15)32)5-3-4-12-6-8-31(9-7-12)24(37)38-13-10-27-21(13)35/h11-13,16-18,23,33-34H,2-10H2,1H3,(H,26,36)(H,27,35)(H2,25,29,30)/t13?,16?,17-,18-,23+/m0/s1. The summed E-state index contributed by atoms with van der Waals surface area (Å²) in [5.41, 5.74) is 6.83. The van der Waals surface area contributed by atoms with Crippen LogP contribution in [-0.4, -0.2) is 103 Å². The molecular formula is C24H34N8O7. The maximum absolute atomic E-state index is 12.2. The monoisotopic (exact) mass is 546 g/mol. The topological polar surface area (TPSA) is 207 Å². The fourth-order valence-electron chi connectivity index (χ4n) is 5.18. The number of amides is 3. The quantitative estimate of drug-likeness (QED) is 0.249. The Bertz CT molecular complexity index is 1230. The van der Waals surface area contributed by atoms with Crippen LogP contribution >= 0.6 is 0 Å². The third-order valence-corrected chi connectivity index (χ3v) is 7.50. The molecule has 5 heterocycles. The number of carbonyl (C=O) groups excluding carboxylic acids is 3. The summed E-state index contributed by atoms with van der Waals surface area (Å²) in [6, 6.07) is 0. The summed E-state index contributed by atoms with van der Waals surface area (Å²) in [5.74, 6) is 0.362. The van der Waals surface area contributed by atoms with Crippen LogP contribution in [0.4, 0.5) is 10.6 Å². The SMILES string of the molecule is CCNC(=O)[C@H]1O[C@@H](n2cnc3c(N)nc(CCCC4CCN(C(=O)OC5CNC5=O)CC4)nc32)[C@@H](O)C1O. The zero-order valence-corrected chi connectivity index (χ0v) is 21.7. The van der Waals surface area contributed by atoms with Gasteiger partial charge >= 0.3 is 6.09 Å². The molecule has 3 saturated heterocycles. The lowest BCUT2D eigenvalue weighted by Gasteiger charge is -2.33. The van der Waals surface area contributed by atoms with Gasteiger partial charge in [0.2, 0.25) is 0 Å². The van der Waals surface area contributed by atoms with Crippen LogP contribution in [0.2, 0.25) is 0 Å². The van der Waals surface area contributed by atoms with Crippen molar-refractivity contribution in [2.24, 2.45) is 5.92 Å². The van der Waals surface area contributed by atoms with Crippen LogP contribution in [0.1, 0.15) is 44.7 Å². The molecule has 0 spiro atoms. The molecular weight excluding hydrogens is 512 g/mol. The maximum atomic E-state index is 12.2. The second-order valence-electron chi connectivity index (χ2n) is 10.1. The Labute approximate surface area is 224 Å². The van der Waals surface area contributed by atoms with Crippen LogP contribution in [0.3, 0.4) is 0 Å². The van der Waals surface area contributed by atoms with E-state index >= 15 is 0 Å². The van der Waals surface area contributed by atoms with Gasteiger partial charge in [0, 0.05) is 26.1 Å². The Kier molecular flexibility index (Phi) is 7.81. The molecule has 3 aliphatic heterocycles. The number of piperidine rings is 1. The van der Waals surface area contributed by atoms with E-state index in [1.165, 1.54) is 10.9 Å². The summed E-state index contributed by atoms with van der Waals surface area (Å²) in [7, 11) is 0. The highest BCUT2D eigenvalue weighted by Gasteiger charge is 2.47. The molecule has 5 rings (SSSR count). The summed E-state index contributed by atoms with van der Waals surface area (Å²) in [6.45, 7) is 3.64. The first kappa shape index (κ1) is 27.0. The molecule has 2 unspecified atom stereocenters. The van der Waals surface area contributed by atoms with E-state index in [1.807, 2.05) is 0 Å². The molecule has 39 heavy (non-hydrogen) atoms. The van der Waals surface area contributed by atoms with Gasteiger partial charge in [-0.2, -0.15) is 0 Å². The Morgan fingerprint density at radius 3 is 2.69 bits per heavy atom. The van der Waals surface area contributed by atoms with Gasteiger partial charge in [0.1, 0.15) is 23.5 Å². The summed E-state index contributed by atoms with van der Waals surface area (Å²) in [4.78, 5) is 50.7. The number of aliphatic hydroxyl groups is 2. The van der Waals surface area contributed by atoms with Gasteiger partial charge in [0.25, 0.3) is 11.8 Å². The number of hydrogen-bond acceptors (Lipinski definition) is 11. The first-order valence-corrected chi connectivity index (χ1v) is 13.3. The number of aryl methyl sites for hydroxylation is 1. The van der Waals surface area contributed by atoms with E-state index in [1.54, 1.807) is 11.8 Å². The molecule has 2 aromatic heterocycles. The predicted octanol–water partition coefficient (Wildman–Crippen LogP) is -1.17. The van der Waals surface area contributed by atoms with Crippen molar-refractivity contribution in [1.82, 2.24) is 35.1 Å². The number of aromatic nitrogens is 4. The van der Waals surface area contributed by atoms with E-state index in [-0.39, 0.29) is 11.7 Å². The smallest absolute Gasteiger partial charge is 0.410 e. The number of aliphatic hydroxyl groups excluding tert-OH is 2. The first-order chi connectivity index (χ1) is 18.8. The van der Waals surface area contributed by atoms with Crippen molar-refractivity contribution in [1.29, 1.82) is 0 Å². The fourth-order valence-corrected chi connectivity index (χ4v) is 5.18. The number of nitrogens with two attached hydrogens (primary N) is 1. The molecule has 0 aromatic carbocycles. The van der Waals surface area contributed by atoms with Crippen molar-refractivity contribution in [3.63, 3.8) is 0 Å². The summed E-state index contributed by atoms with van der Waals surface area (Å²) in [5, 5.41) is 26.1. The second kappa shape index (κ2) is 11.3. The third-order valence-electron chi connectivity index (χ3n) is 7.50. The van der Waals surface area contributed by atoms with Gasteiger partial charge in [-0.3, -0.25) is 14.2 Å². The number of nitrogen functional groups attached to an aromatic ring is 1. The van der Waals surface area contributed by atoms with E-state index in [9.17, 15) is 24.6 Å². The van der Waals surface area contributed by atoms with Gasteiger partial charge in [-0.1, -0.05) is 0 Å². The van der Waals surface area contributed by atoms with Crippen LogP contribution < -0.4 is 16.4 Å². The highest BCUT2D eigenvalue weighted by molar-refractivity contribution is 5.88. The average molecular weight is 547 g/mol. The van der Waals surface area contributed by atoms with Crippen LogP contribution in [0, 0.1) is 5.92 Å². The lowest BCUT2D eigenvalue weighted by atomic mass is 9.91. The normalized spacial score (nSPS) is 27.3. The Hall–Kier alpha value is -3.56. The molecule has 0 bridgehead atoms. The van der Waals surface area contributed by atoms with Crippen LogP contribution in [0.25, 0.3) is 11.2 Å². The molecule has 3 fully saturated rings. The maximum Gasteiger partial charge on any atom is 0.410 e. The van der Waals surface area contributed by atoms with E-state index in [0.29, 0.717) is 55.5 Å². The lowest BCUT2D eigenvalue weighted by molar-refractivity contribution is -0.138. The minimum atomic E-state index is -1.41. The predicted molar refractivity (Wildman–Crippen MR) is 135 cm³/mol. The molecule has 15 heteroatoms. The number of anilines is 1. The number of imidazole rings is 1. The van der Waals surface area contributed by atoms with E-state index in [4.69, 9.17) is 15.2 Å². The molecule has 3 aliphatic rings. The average Bonchev–Trinajstić information content (AvgIpc) is 3.47. The summed E-state index contributed by atoms with van der Waals surface area (Å²) >= 11 is 0. The molecule has 15 nitrogen and oxygen atoms in total. The van der Waals surface area contributed by atoms with Crippen LogP contribution in [0.15, 0.2) is 6.33 Å². The molecule has 0 radical (unpaired) electrons. The number of rotatable bonds is 8. The number of ether oxygens (including phenoxy) is 2. The van der Waals surface area contributed by atoms with Gasteiger partial charge in [-0.05, 0) is 38.5 Å². The molecule has 5 atom stereocenters. The van der Waals surface area contributed by atoms with Crippen LogP contribution in [-0.2, 0) is 25.5 Å². The number of nitrogens with zero attached hydrogens (tertiary/aromatic N) is 5. The minimum Gasteiger partial charge on any atom is -0.434 e. The Morgan fingerprint density at radius 2 is 2.03 bits per heavy atom. The largest absolute Gasteiger partial charge is 0.434 e. The molecule has 0 aliphatic carbocycles. The van der Waals surface area contributed by atoms with E-state index in [2.05, 4.69) is 25.6 Å². The van der Waals surface area contributed by atoms with Crippen LogP contribution in [0.5, 0.6) is 0 Å². The van der Waals surface area contributed by atoms with Crippen molar-refractivity contribution in [2.75, 3.05) is 31.9 Å². The Morgan fingerprint density at radius 1 is 1.26 bits per heavy atom. The van der Waals surface area contributed by atoms with Gasteiger partial charge in [-0.15, -0.1) is 0 Å². The minimum absolute atomic E-state index is 0.189. The zero-order valence-electron chi connectivity index (χ0n) is 21.7. The highest BCUT2D eigenvalue weighted by Crippen LogP contribution is 2.32. The summed E-state index contributed by atoms with van der Waals surface area (Å²) < 4.78 is 12.4. The van der Waals surface area contributed by atoms with Crippen molar-refractivity contribution in [2.45, 2.75) is 69.7 Å². The molecule has 2 aromatic rings.